The number of carbonyl (C=O) groups excluding carboxylic acids is 2. The van der Waals surface area contributed by atoms with Gasteiger partial charge in [-0.3, -0.25) is 24.5 Å². The molecule has 5 rings (SSSR count). The maximum absolute atomic E-state index is 12.9. The van der Waals surface area contributed by atoms with E-state index in [0.717, 1.165) is 42.4 Å². The fraction of sp³-hybridized carbons (Fsp3) is 0.458. The predicted molar refractivity (Wildman–Crippen MR) is 119 cm³/mol. The van der Waals surface area contributed by atoms with E-state index in [0.29, 0.717) is 37.5 Å². The summed E-state index contributed by atoms with van der Waals surface area (Å²) in [7, 11) is 0. The van der Waals surface area contributed by atoms with Crippen molar-refractivity contribution in [3.05, 3.63) is 42.8 Å². The van der Waals surface area contributed by atoms with Crippen LogP contribution in [0.25, 0.3) is 22.2 Å². The van der Waals surface area contributed by atoms with E-state index in [2.05, 4.69) is 19.9 Å². The van der Waals surface area contributed by atoms with Crippen LogP contribution in [0.4, 0.5) is 0 Å². The number of Topliss-reactive ketones (excluding diaryl/α,β-unsaturated/α-hetero) is 1. The van der Waals surface area contributed by atoms with Gasteiger partial charge in [0.1, 0.15) is 11.5 Å². The van der Waals surface area contributed by atoms with Gasteiger partial charge in [-0.2, -0.15) is 0 Å². The number of carbonyl (C=O) groups is 2. The van der Waals surface area contributed by atoms with E-state index < -0.39 is 0 Å². The molecule has 0 N–H and O–H groups in total. The van der Waals surface area contributed by atoms with Gasteiger partial charge in [0.2, 0.25) is 5.91 Å². The highest BCUT2D eigenvalue weighted by molar-refractivity contribution is 5.87. The average Bonchev–Trinajstić information content (AvgIpc) is 3.53. The van der Waals surface area contributed by atoms with Crippen molar-refractivity contribution in [1.82, 2.24) is 24.8 Å². The van der Waals surface area contributed by atoms with E-state index >= 15 is 0 Å². The summed E-state index contributed by atoms with van der Waals surface area (Å²) in [6.07, 6.45) is 10.7. The summed E-state index contributed by atoms with van der Waals surface area (Å²) in [6.45, 7) is 3.90. The summed E-state index contributed by atoms with van der Waals surface area (Å²) >= 11 is 0. The molecule has 0 radical (unpaired) electrons. The summed E-state index contributed by atoms with van der Waals surface area (Å²) < 4.78 is 5.33. The zero-order chi connectivity index (χ0) is 21.9. The molecular weight excluding hydrogens is 406 g/mol. The molecule has 1 amide bonds. The van der Waals surface area contributed by atoms with Gasteiger partial charge in [-0.1, -0.05) is 0 Å². The Labute approximate surface area is 186 Å². The molecule has 8 nitrogen and oxygen atoms in total. The number of piperidine rings is 1. The van der Waals surface area contributed by atoms with Gasteiger partial charge in [0.05, 0.1) is 12.7 Å². The van der Waals surface area contributed by atoms with Crippen molar-refractivity contribution in [2.45, 2.75) is 32.1 Å². The molecule has 0 bridgehead atoms. The van der Waals surface area contributed by atoms with E-state index in [1.807, 2.05) is 17.0 Å². The highest BCUT2D eigenvalue weighted by atomic mass is 16.3. The first kappa shape index (κ1) is 20.8. The lowest BCUT2D eigenvalue weighted by atomic mass is 9.90. The van der Waals surface area contributed by atoms with Gasteiger partial charge in [-0.25, -0.2) is 4.98 Å². The Morgan fingerprint density at radius 2 is 1.75 bits per heavy atom. The van der Waals surface area contributed by atoms with E-state index in [-0.39, 0.29) is 17.6 Å². The highest BCUT2D eigenvalue weighted by Crippen LogP contribution is 2.24. The second-order valence-corrected chi connectivity index (χ2v) is 8.74. The summed E-state index contributed by atoms with van der Waals surface area (Å²) in [5.41, 5.74) is 1.45. The van der Waals surface area contributed by atoms with E-state index in [9.17, 15) is 9.59 Å². The Morgan fingerprint density at radius 1 is 0.969 bits per heavy atom. The monoisotopic (exact) mass is 433 g/mol. The molecule has 3 aromatic rings. The van der Waals surface area contributed by atoms with Crippen molar-refractivity contribution in [3.63, 3.8) is 0 Å². The molecule has 0 saturated carbocycles. The molecule has 0 atom stereocenters. The summed E-state index contributed by atoms with van der Waals surface area (Å²) in [5, 5.41) is 1.88. The first-order chi connectivity index (χ1) is 15.7. The second kappa shape index (κ2) is 9.16. The molecule has 0 aliphatic carbocycles. The molecule has 8 heteroatoms. The number of rotatable bonds is 6. The second-order valence-electron chi connectivity index (χ2n) is 8.74. The van der Waals surface area contributed by atoms with Crippen LogP contribution in [0.15, 0.2) is 41.5 Å². The lowest BCUT2D eigenvalue weighted by Gasteiger charge is -2.32. The molecule has 2 fully saturated rings. The molecule has 0 unspecified atom stereocenters. The van der Waals surface area contributed by atoms with Crippen LogP contribution >= 0.6 is 0 Å². The maximum atomic E-state index is 12.9. The first-order valence-corrected chi connectivity index (χ1v) is 11.3. The maximum Gasteiger partial charge on any atom is 0.236 e. The smallest absolute Gasteiger partial charge is 0.236 e. The first-order valence-electron chi connectivity index (χ1n) is 11.3. The Hall–Kier alpha value is -3.13. The lowest BCUT2D eigenvalue weighted by Crippen LogP contribution is -2.44. The number of nitrogens with zero attached hydrogens (tertiary/aromatic N) is 5. The van der Waals surface area contributed by atoms with E-state index in [1.165, 1.54) is 19.2 Å². The number of ketones is 1. The summed E-state index contributed by atoms with van der Waals surface area (Å²) in [5.74, 6) is 0.996. The highest BCUT2D eigenvalue weighted by Gasteiger charge is 2.28. The van der Waals surface area contributed by atoms with Crippen molar-refractivity contribution in [3.8, 4) is 11.5 Å². The van der Waals surface area contributed by atoms with Gasteiger partial charge in [0.25, 0.3) is 0 Å². The average molecular weight is 434 g/mol. The Kier molecular flexibility index (Phi) is 5.94. The number of hydrogen-bond acceptors (Lipinski definition) is 7. The van der Waals surface area contributed by atoms with Gasteiger partial charge in [0.15, 0.2) is 12.2 Å². The van der Waals surface area contributed by atoms with Crippen LogP contribution in [0.2, 0.25) is 0 Å². The molecule has 2 aliphatic heterocycles. The largest absolute Gasteiger partial charge is 0.442 e. The van der Waals surface area contributed by atoms with Crippen LogP contribution in [0.5, 0.6) is 0 Å². The SMILES string of the molecule is O=C(Cc1cc2cc(-c3cnco3)ncc2cn1)C1CCN(C(=O)CN2CCCC2)CC1. The van der Waals surface area contributed by atoms with Gasteiger partial charge in [0, 0.05) is 48.9 Å². The van der Waals surface area contributed by atoms with Gasteiger partial charge in [-0.15, -0.1) is 0 Å². The Morgan fingerprint density at radius 3 is 2.50 bits per heavy atom. The standard InChI is InChI=1S/C24H27N5O3/c30-22(17-3-7-29(8-4-17)24(31)15-28-5-1-2-6-28)11-20-9-18-10-21(23-14-25-16-32-23)27-13-19(18)12-26-20/h9-10,12-14,16-17H,1-8,11,15H2. The normalized spacial score (nSPS) is 17.8. The van der Waals surface area contributed by atoms with Gasteiger partial charge >= 0.3 is 0 Å². The zero-order valence-electron chi connectivity index (χ0n) is 18.1. The molecule has 5 heterocycles. The van der Waals surface area contributed by atoms with Crippen LogP contribution in [0, 0.1) is 5.92 Å². The zero-order valence-corrected chi connectivity index (χ0v) is 18.1. The third-order valence-corrected chi connectivity index (χ3v) is 6.56. The Balaban J connectivity index is 1.19. The van der Waals surface area contributed by atoms with Crippen molar-refractivity contribution in [2.24, 2.45) is 5.92 Å². The third-order valence-electron chi connectivity index (χ3n) is 6.56. The predicted octanol–water partition coefficient (Wildman–Crippen LogP) is 2.73. The van der Waals surface area contributed by atoms with Gasteiger partial charge in [-0.05, 0) is 56.3 Å². The fourth-order valence-electron chi connectivity index (χ4n) is 4.66. The number of amides is 1. The van der Waals surface area contributed by atoms with Crippen LogP contribution in [-0.2, 0) is 16.0 Å². The van der Waals surface area contributed by atoms with Crippen LogP contribution in [0.1, 0.15) is 31.4 Å². The minimum atomic E-state index is -0.00877. The number of oxazole rings is 1. The minimum absolute atomic E-state index is 0.00877. The fourth-order valence-corrected chi connectivity index (χ4v) is 4.66. The number of likely N-dealkylation sites (tertiary alicyclic amines) is 2. The van der Waals surface area contributed by atoms with Crippen molar-refractivity contribution in [2.75, 3.05) is 32.7 Å². The summed E-state index contributed by atoms with van der Waals surface area (Å²) in [4.78, 5) is 42.4. The molecular formula is C24H27N5O3. The van der Waals surface area contributed by atoms with Crippen molar-refractivity contribution < 1.29 is 14.0 Å². The summed E-state index contributed by atoms with van der Waals surface area (Å²) in [6, 6.07) is 3.87. The molecule has 0 aromatic carbocycles. The van der Waals surface area contributed by atoms with E-state index in [1.54, 1.807) is 18.6 Å². The Bertz CT molecular complexity index is 1100. The van der Waals surface area contributed by atoms with Gasteiger partial charge < -0.3 is 9.32 Å². The topological polar surface area (TPSA) is 92.4 Å². The number of pyridine rings is 2. The third kappa shape index (κ3) is 4.55. The molecule has 32 heavy (non-hydrogen) atoms. The number of hydrogen-bond donors (Lipinski definition) is 0. The quantitative estimate of drug-likeness (QED) is 0.590. The number of fused-ring (bicyclic) bond motifs is 1. The minimum Gasteiger partial charge on any atom is -0.442 e. The van der Waals surface area contributed by atoms with Crippen LogP contribution in [-0.4, -0.2) is 69.2 Å². The lowest BCUT2D eigenvalue weighted by molar-refractivity contribution is -0.135. The van der Waals surface area contributed by atoms with Crippen molar-refractivity contribution >= 4 is 22.5 Å². The molecule has 3 aromatic heterocycles. The van der Waals surface area contributed by atoms with Crippen LogP contribution < -0.4 is 0 Å². The molecule has 2 saturated heterocycles. The van der Waals surface area contributed by atoms with E-state index in [4.69, 9.17) is 4.42 Å². The number of aromatic nitrogens is 3. The molecule has 166 valence electrons. The van der Waals surface area contributed by atoms with Crippen molar-refractivity contribution in [1.29, 1.82) is 0 Å². The molecule has 2 aliphatic rings. The van der Waals surface area contributed by atoms with Crippen LogP contribution in [0.3, 0.4) is 0 Å². The molecule has 0 spiro atoms.